The first-order valence-electron chi connectivity index (χ1n) is 8.06. The Morgan fingerprint density at radius 3 is 2.52 bits per heavy atom. The van der Waals surface area contributed by atoms with Gasteiger partial charge in [-0.3, -0.25) is 0 Å². The van der Waals surface area contributed by atoms with Crippen molar-refractivity contribution in [3.63, 3.8) is 0 Å². The molecule has 3 aromatic heterocycles. The van der Waals surface area contributed by atoms with Gasteiger partial charge in [0.25, 0.3) is 0 Å². The number of anilines is 1. The molecule has 0 aliphatic rings. The molecule has 0 aliphatic heterocycles. The molecule has 0 saturated carbocycles. The van der Waals surface area contributed by atoms with E-state index in [4.69, 9.17) is 0 Å². The van der Waals surface area contributed by atoms with Crippen LogP contribution in [0.4, 0.5) is 5.82 Å². The molecule has 126 valence electrons. The molecule has 0 fully saturated rings. The highest BCUT2D eigenvalue weighted by Gasteiger charge is 2.09. The second-order valence-electron chi connectivity index (χ2n) is 6.04. The predicted octanol–water partition coefficient (Wildman–Crippen LogP) is 2.49. The highest BCUT2D eigenvalue weighted by Crippen LogP contribution is 2.20. The molecule has 0 radical (unpaired) electrons. The van der Waals surface area contributed by atoms with E-state index in [-0.39, 0.29) is 6.04 Å². The van der Waals surface area contributed by atoms with Gasteiger partial charge in [0.1, 0.15) is 5.82 Å². The van der Waals surface area contributed by atoms with E-state index in [2.05, 4.69) is 75.2 Å². The Morgan fingerprint density at radius 1 is 1.00 bits per heavy atom. The topological polar surface area (TPSA) is 85.8 Å². The molecule has 0 bridgehead atoms. The zero-order valence-corrected chi connectivity index (χ0v) is 14.2. The van der Waals surface area contributed by atoms with Crippen LogP contribution in [-0.2, 0) is 0 Å². The molecule has 8 nitrogen and oxygen atoms in total. The van der Waals surface area contributed by atoms with Crippen molar-refractivity contribution in [3.05, 3.63) is 59.4 Å². The Hall–Kier alpha value is -3.29. The zero-order chi connectivity index (χ0) is 17.4. The van der Waals surface area contributed by atoms with Crippen molar-refractivity contribution in [2.24, 2.45) is 0 Å². The van der Waals surface area contributed by atoms with Gasteiger partial charge in [0.2, 0.25) is 0 Å². The van der Waals surface area contributed by atoms with Gasteiger partial charge < -0.3 is 5.32 Å². The van der Waals surface area contributed by atoms with Gasteiger partial charge >= 0.3 is 0 Å². The van der Waals surface area contributed by atoms with Crippen LogP contribution in [0.5, 0.6) is 0 Å². The molecule has 0 saturated heterocycles. The van der Waals surface area contributed by atoms with Gasteiger partial charge in [0, 0.05) is 5.69 Å². The molecule has 0 spiro atoms. The molecule has 3 heterocycles. The zero-order valence-electron chi connectivity index (χ0n) is 14.2. The second kappa shape index (κ2) is 5.97. The van der Waals surface area contributed by atoms with Gasteiger partial charge in [-0.25, -0.2) is 4.68 Å². The number of hydrogen-bond acceptors (Lipinski definition) is 6. The lowest BCUT2D eigenvalue weighted by atomic mass is 10.1. The molecule has 0 amide bonds. The van der Waals surface area contributed by atoms with E-state index >= 15 is 0 Å². The predicted molar refractivity (Wildman–Crippen MR) is 93.7 cm³/mol. The van der Waals surface area contributed by atoms with E-state index in [1.165, 1.54) is 4.63 Å². The summed E-state index contributed by atoms with van der Waals surface area (Å²) in [5.74, 6) is 0.718. The van der Waals surface area contributed by atoms with Crippen LogP contribution in [-0.4, -0.2) is 35.0 Å². The Bertz CT molecular complexity index is 1010. The maximum absolute atomic E-state index is 4.52. The van der Waals surface area contributed by atoms with Gasteiger partial charge in [-0.15, -0.1) is 14.8 Å². The van der Waals surface area contributed by atoms with Gasteiger partial charge in [-0.2, -0.15) is 5.10 Å². The lowest BCUT2D eigenvalue weighted by Gasteiger charge is -2.15. The van der Waals surface area contributed by atoms with E-state index in [0.29, 0.717) is 5.65 Å². The molecule has 25 heavy (non-hydrogen) atoms. The van der Waals surface area contributed by atoms with Crippen molar-refractivity contribution in [3.8, 4) is 5.69 Å². The molecule has 8 heteroatoms. The fraction of sp³-hybridized carbons (Fsp3) is 0.235. The molecule has 1 atom stereocenters. The van der Waals surface area contributed by atoms with Crippen molar-refractivity contribution in [2.75, 3.05) is 5.32 Å². The molecule has 4 aromatic rings. The third-order valence-electron chi connectivity index (χ3n) is 4.08. The lowest BCUT2D eigenvalue weighted by Crippen LogP contribution is -2.10. The van der Waals surface area contributed by atoms with Gasteiger partial charge in [0.05, 0.1) is 17.4 Å². The Morgan fingerprint density at radius 2 is 1.80 bits per heavy atom. The maximum Gasteiger partial charge on any atom is 0.200 e. The number of fused-ring (bicyclic) bond motifs is 1. The minimum absolute atomic E-state index is 0.0935. The molecule has 4 rings (SSSR count). The smallest absolute Gasteiger partial charge is 0.200 e. The van der Waals surface area contributed by atoms with Crippen molar-refractivity contribution < 1.29 is 0 Å². The fourth-order valence-corrected chi connectivity index (χ4v) is 2.83. The largest absolute Gasteiger partial charge is 0.362 e. The van der Waals surface area contributed by atoms with E-state index in [9.17, 15) is 0 Å². The van der Waals surface area contributed by atoms with Crippen LogP contribution in [0.2, 0.25) is 0 Å². The van der Waals surface area contributed by atoms with E-state index < -0.39 is 0 Å². The van der Waals surface area contributed by atoms with Crippen LogP contribution in [0.25, 0.3) is 11.3 Å². The number of aryl methyl sites for hydroxylation is 2. The number of rotatable bonds is 4. The first-order chi connectivity index (χ1) is 12.1. The molecule has 1 aromatic carbocycles. The van der Waals surface area contributed by atoms with Crippen molar-refractivity contribution in [1.29, 1.82) is 0 Å². The van der Waals surface area contributed by atoms with E-state index in [1.54, 1.807) is 0 Å². The summed E-state index contributed by atoms with van der Waals surface area (Å²) in [6, 6.07) is 14.2. The van der Waals surface area contributed by atoms with E-state index in [0.717, 1.165) is 28.5 Å². The van der Waals surface area contributed by atoms with Crippen LogP contribution in [0.1, 0.15) is 29.9 Å². The molecular formula is C17H18N8. The third-order valence-corrected chi connectivity index (χ3v) is 4.08. The highest BCUT2D eigenvalue weighted by atomic mass is 15.6. The van der Waals surface area contributed by atoms with Crippen LogP contribution in [0.15, 0.2) is 42.5 Å². The highest BCUT2D eigenvalue weighted by molar-refractivity contribution is 5.44. The normalized spacial score (nSPS) is 12.4. The first kappa shape index (κ1) is 15.3. The first-order valence-corrected chi connectivity index (χ1v) is 8.06. The van der Waals surface area contributed by atoms with Crippen LogP contribution < -0.4 is 5.32 Å². The number of hydrogen-bond donors (Lipinski definition) is 1. The van der Waals surface area contributed by atoms with Gasteiger partial charge in [-0.05, 0) is 67.1 Å². The fourth-order valence-electron chi connectivity index (χ4n) is 2.83. The van der Waals surface area contributed by atoms with Gasteiger partial charge in [0.15, 0.2) is 5.65 Å². The summed E-state index contributed by atoms with van der Waals surface area (Å²) in [7, 11) is 0. The van der Waals surface area contributed by atoms with Crippen LogP contribution in [0.3, 0.4) is 0 Å². The standard InChI is InChI=1S/C17H18N8/c1-11-10-12(2)24(20-11)15-6-4-14(5-7-15)13(3)18-16-8-9-17-19-22-23-25(17)21-16/h4-10,13H,1-3H3,(H,18,21)/t13-/m0/s1. The maximum atomic E-state index is 4.52. The Balaban J connectivity index is 1.53. The molecule has 0 aliphatic carbocycles. The molecule has 0 unspecified atom stereocenters. The summed E-state index contributed by atoms with van der Waals surface area (Å²) in [5, 5.41) is 23.5. The number of nitrogens with zero attached hydrogens (tertiary/aromatic N) is 7. The second-order valence-corrected chi connectivity index (χ2v) is 6.04. The number of benzene rings is 1. The lowest BCUT2D eigenvalue weighted by molar-refractivity contribution is 0.728. The summed E-state index contributed by atoms with van der Waals surface area (Å²) in [6.45, 7) is 6.14. The summed E-state index contributed by atoms with van der Waals surface area (Å²) in [6.07, 6.45) is 0. The molecular weight excluding hydrogens is 316 g/mol. The van der Waals surface area contributed by atoms with Gasteiger partial charge in [-0.1, -0.05) is 12.1 Å². The summed E-state index contributed by atoms with van der Waals surface area (Å²) in [4.78, 5) is 0. The Kier molecular flexibility index (Phi) is 3.64. The summed E-state index contributed by atoms with van der Waals surface area (Å²) >= 11 is 0. The average Bonchev–Trinajstić information content (AvgIpc) is 3.20. The summed E-state index contributed by atoms with van der Waals surface area (Å²) in [5.41, 5.74) is 4.96. The number of nitrogens with one attached hydrogen (secondary N) is 1. The van der Waals surface area contributed by atoms with Crippen LogP contribution in [0, 0.1) is 13.8 Å². The minimum Gasteiger partial charge on any atom is -0.362 e. The molecule has 1 N–H and O–H groups in total. The monoisotopic (exact) mass is 334 g/mol. The number of tetrazole rings is 1. The quantitative estimate of drug-likeness (QED) is 0.617. The van der Waals surface area contributed by atoms with Crippen molar-refractivity contribution in [1.82, 2.24) is 35.0 Å². The SMILES string of the molecule is Cc1cc(C)n(-c2ccc([C@H](C)Nc3ccc4nnnn4n3)cc2)n1. The van der Waals surface area contributed by atoms with Crippen molar-refractivity contribution >= 4 is 11.5 Å². The third kappa shape index (κ3) is 2.93. The van der Waals surface area contributed by atoms with Crippen molar-refractivity contribution in [2.45, 2.75) is 26.8 Å². The van der Waals surface area contributed by atoms with E-state index in [1.807, 2.05) is 23.7 Å². The minimum atomic E-state index is 0.0935. The summed E-state index contributed by atoms with van der Waals surface area (Å²) < 4.78 is 3.35. The number of aromatic nitrogens is 7. The average molecular weight is 334 g/mol. The van der Waals surface area contributed by atoms with Crippen LogP contribution >= 0.6 is 0 Å². The Labute approximate surface area is 144 Å².